The molecule has 0 amide bonds. The summed E-state index contributed by atoms with van der Waals surface area (Å²) in [5.74, 6) is 0.440. The second-order valence-corrected chi connectivity index (χ2v) is 5.74. The molecule has 1 aliphatic carbocycles. The third-order valence-corrected chi connectivity index (χ3v) is 4.27. The van der Waals surface area contributed by atoms with Crippen LogP contribution in [0.2, 0.25) is 0 Å². The van der Waals surface area contributed by atoms with Gasteiger partial charge in [-0.1, -0.05) is 42.0 Å². The summed E-state index contributed by atoms with van der Waals surface area (Å²) in [4.78, 5) is 0. The predicted octanol–water partition coefficient (Wildman–Crippen LogP) is 4.04. The van der Waals surface area contributed by atoms with Gasteiger partial charge in [-0.25, -0.2) is 0 Å². The van der Waals surface area contributed by atoms with Crippen LogP contribution in [0.1, 0.15) is 47.7 Å². The Morgan fingerprint density at radius 3 is 2.65 bits per heavy atom. The van der Waals surface area contributed by atoms with Gasteiger partial charge in [0.25, 0.3) is 0 Å². The molecule has 0 spiro atoms. The summed E-state index contributed by atoms with van der Waals surface area (Å²) in [5.41, 5.74) is 4.96. The molecule has 0 saturated carbocycles. The van der Waals surface area contributed by atoms with E-state index in [2.05, 4.69) is 49.5 Å². The summed E-state index contributed by atoms with van der Waals surface area (Å²) in [5, 5.41) is 13.6. The van der Waals surface area contributed by atoms with E-state index in [0.717, 1.165) is 18.4 Å². The van der Waals surface area contributed by atoms with Crippen LogP contribution in [0.5, 0.6) is 5.75 Å². The van der Waals surface area contributed by atoms with Gasteiger partial charge in [0, 0.05) is 12.1 Å². The van der Waals surface area contributed by atoms with Crippen molar-refractivity contribution in [1.82, 2.24) is 5.32 Å². The smallest absolute Gasteiger partial charge is 0.119 e. The molecule has 0 radical (unpaired) electrons. The number of hydrogen-bond donors (Lipinski definition) is 2. The van der Waals surface area contributed by atoms with E-state index in [1.165, 1.54) is 16.7 Å². The lowest BCUT2D eigenvalue weighted by Crippen LogP contribution is -2.22. The van der Waals surface area contributed by atoms with E-state index >= 15 is 0 Å². The third kappa shape index (κ3) is 2.44. The summed E-state index contributed by atoms with van der Waals surface area (Å²) in [6.07, 6.45) is 2.02. The topological polar surface area (TPSA) is 32.3 Å². The zero-order valence-electron chi connectivity index (χ0n) is 12.1. The number of hydrogen-bond acceptors (Lipinski definition) is 2. The first kappa shape index (κ1) is 13.2. The molecule has 0 aromatic heterocycles. The lowest BCUT2D eigenvalue weighted by atomic mass is 10.0. The summed E-state index contributed by atoms with van der Waals surface area (Å²) >= 11 is 0. The van der Waals surface area contributed by atoms with Gasteiger partial charge in [-0.05, 0) is 49.4 Å². The minimum absolute atomic E-state index is 0.314. The van der Waals surface area contributed by atoms with Crippen LogP contribution in [0.15, 0.2) is 42.5 Å². The second-order valence-electron chi connectivity index (χ2n) is 5.74. The first-order valence-corrected chi connectivity index (χ1v) is 7.28. The second kappa shape index (κ2) is 5.29. The fraction of sp³-hybridized carbons (Fsp3) is 0.333. The highest BCUT2D eigenvalue weighted by molar-refractivity contribution is 5.44. The average molecular weight is 267 g/mol. The van der Waals surface area contributed by atoms with Crippen LogP contribution < -0.4 is 5.32 Å². The van der Waals surface area contributed by atoms with Gasteiger partial charge >= 0.3 is 0 Å². The van der Waals surface area contributed by atoms with E-state index in [1.807, 2.05) is 6.07 Å². The molecule has 0 heterocycles. The lowest BCUT2D eigenvalue weighted by Gasteiger charge is -2.21. The van der Waals surface area contributed by atoms with Gasteiger partial charge in [0.1, 0.15) is 5.75 Å². The van der Waals surface area contributed by atoms with Gasteiger partial charge in [-0.3, -0.25) is 0 Å². The number of rotatable bonds is 3. The predicted molar refractivity (Wildman–Crippen MR) is 81.9 cm³/mol. The Bertz CT molecular complexity index is 603. The fourth-order valence-corrected chi connectivity index (χ4v) is 3.06. The maximum absolute atomic E-state index is 9.90. The molecule has 1 aliphatic rings. The first-order valence-electron chi connectivity index (χ1n) is 7.28. The van der Waals surface area contributed by atoms with Gasteiger partial charge < -0.3 is 10.4 Å². The van der Waals surface area contributed by atoms with E-state index in [4.69, 9.17) is 0 Å². The molecule has 0 fully saturated rings. The third-order valence-electron chi connectivity index (χ3n) is 4.27. The van der Waals surface area contributed by atoms with Crippen LogP contribution in [-0.2, 0) is 6.42 Å². The van der Waals surface area contributed by atoms with E-state index in [0.29, 0.717) is 17.8 Å². The van der Waals surface area contributed by atoms with Crippen LogP contribution in [0.4, 0.5) is 0 Å². The molecule has 0 bridgehead atoms. The molecule has 0 aliphatic heterocycles. The van der Waals surface area contributed by atoms with Crippen molar-refractivity contribution in [1.29, 1.82) is 0 Å². The number of benzene rings is 2. The van der Waals surface area contributed by atoms with Crippen molar-refractivity contribution in [3.63, 3.8) is 0 Å². The Morgan fingerprint density at radius 1 is 1.15 bits per heavy atom. The standard InChI is InChI=1S/C18H21NO/c1-12-6-8-14(9-7-12)13(2)19-17-11-10-16-15(17)4-3-5-18(16)20/h3-9,13,17,19-20H,10-11H2,1-2H3/t13-,17?/m0/s1. The van der Waals surface area contributed by atoms with Crippen molar-refractivity contribution in [2.24, 2.45) is 0 Å². The molecular weight excluding hydrogens is 246 g/mol. The van der Waals surface area contributed by atoms with Crippen molar-refractivity contribution in [2.45, 2.75) is 38.8 Å². The Kier molecular flexibility index (Phi) is 3.49. The van der Waals surface area contributed by atoms with Gasteiger partial charge in [0.15, 0.2) is 0 Å². The van der Waals surface area contributed by atoms with Gasteiger partial charge in [-0.2, -0.15) is 0 Å². The number of aryl methyl sites for hydroxylation is 1. The zero-order chi connectivity index (χ0) is 14.1. The van der Waals surface area contributed by atoms with Crippen LogP contribution in [0.3, 0.4) is 0 Å². The van der Waals surface area contributed by atoms with Gasteiger partial charge in [0.2, 0.25) is 0 Å². The Morgan fingerprint density at radius 2 is 1.90 bits per heavy atom. The number of phenols is 1. The van der Waals surface area contributed by atoms with Crippen LogP contribution >= 0.6 is 0 Å². The maximum atomic E-state index is 9.90. The monoisotopic (exact) mass is 267 g/mol. The normalized spacial score (nSPS) is 18.8. The van der Waals surface area contributed by atoms with E-state index in [1.54, 1.807) is 6.07 Å². The summed E-state index contributed by atoms with van der Waals surface area (Å²) in [7, 11) is 0. The first-order chi connectivity index (χ1) is 9.65. The number of phenolic OH excluding ortho intramolecular Hbond substituents is 1. The number of aromatic hydroxyl groups is 1. The SMILES string of the molecule is Cc1ccc([C@H](C)NC2CCc3c(O)cccc32)cc1. The minimum atomic E-state index is 0.314. The molecule has 2 atom stereocenters. The molecule has 2 nitrogen and oxygen atoms in total. The van der Waals surface area contributed by atoms with Crippen LogP contribution in [-0.4, -0.2) is 5.11 Å². The molecule has 2 heteroatoms. The Labute approximate surface area is 120 Å². The van der Waals surface area contributed by atoms with Crippen LogP contribution in [0.25, 0.3) is 0 Å². The van der Waals surface area contributed by atoms with E-state index in [-0.39, 0.29) is 0 Å². The molecule has 2 N–H and O–H groups in total. The molecule has 2 aromatic carbocycles. The van der Waals surface area contributed by atoms with Crippen LogP contribution in [0, 0.1) is 6.92 Å². The Hall–Kier alpha value is -1.80. The van der Waals surface area contributed by atoms with E-state index in [9.17, 15) is 5.11 Å². The largest absolute Gasteiger partial charge is 0.508 e. The maximum Gasteiger partial charge on any atom is 0.119 e. The molecule has 3 rings (SSSR count). The Balaban J connectivity index is 1.77. The molecule has 0 saturated heterocycles. The molecule has 20 heavy (non-hydrogen) atoms. The van der Waals surface area contributed by atoms with E-state index < -0.39 is 0 Å². The fourth-order valence-electron chi connectivity index (χ4n) is 3.06. The van der Waals surface area contributed by atoms with Gasteiger partial charge in [0.05, 0.1) is 0 Å². The van der Waals surface area contributed by atoms with Crippen molar-refractivity contribution in [3.8, 4) is 5.75 Å². The summed E-state index contributed by atoms with van der Waals surface area (Å²) < 4.78 is 0. The highest BCUT2D eigenvalue weighted by Crippen LogP contribution is 2.37. The lowest BCUT2D eigenvalue weighted by molar-refractivity contribution is 0.465. The highest BCUT2D eigenvalue weighted by Gasteiger charge is 2.25. The van der Waals surface area contributed by atoms with Crippen molar-refractivity contribution < 1.29 is 5.11 Å². The minimum Gasteiger partial charge on any atom is -0.508 e. The number of nitrogens with one attached hydrogen (secondary N) is 1. The average Bonchev–Trinajstić information content (AvgIpc) is 2.84. The quantitative estimate of drug-likeness (QED) is 0.879. The summed E-state index contributed by atoms with van der Waals surface area (Å²) in [6.45, 7) is 4.31. The van der Waals surface area contributed by atoms with Crippen molar-refractivity contribution in [3.05, 3.63) is 64.7 Å². The van der Waals surface area contributed by atoms with Crippen molar-refractivity contribution in [2.75, 3.05) is 0 Å². The molecule has 104 valence electrons. The van der Waals surface area contributed by atoms with Crippen molar-refractivity contribution >= 4 is 0 Å². The molecule has 2 aromatic rings. The van der Waals surface area contributed by atoms with Gasteiger partial charge in [-0.15, -0.1) is 0 Å². The molecular formula is C18H21NO. The number of fused-ring (bicyclic) bond motifs is 1. The molecule has 1 unspecified atom stereocenters. The highest BCUT2D eigenvalue weighted by atomic mass is 16.3. The summed E-state index contributed by atoms with van der Waals surface area (Å²) in [6, 6.07) is 15.2. The zero-order valence-corrected chi connectivity index (χ0v) is 12.1.